The molecule has 3 N–H and O–H groups in total. The molecule has 0 aliphatic heterocycles. The predicted octanol–water partition coefficient (Wildman–Crippen LogP) is 6.65. The third kappa shape index (κ3) is 8.05. The average molecular weight is 592 g/mol. The number of para-hydroxylation sites is 1. The molecule has 9 nitrogen and oxygen atoms in total. The van der Waals surface area contributed by atoms with Crippen molar-refractivity contribution in [3.8, 4) is 22.8 Å². The summed E-state index contributed by atoms with van der Waals surface area (Å²) >= 11 is 1.51. The average Bonchev–Trinajstić information content (AvgIpc) is 3.50. The molecule has 0 aliphatic carbocycles. The van der Waals surface area contributed by atoms with Gasteiger partial charge in [0.05, 0.1) is 19.0 Å². The Kier molecular flexibility index (Phi) is 9.40. The minimum atomic E-state index is -0.361. The third-order valence-electron chi connectivity index (χ3n) is 6.27. The predicted molar refractivity (Wildman–Crippen MR) is 171 cm³/mol. The molecular weight excluding hydrogens is 562 g/mol. The maximum atomic E-state index is 12.7. The molecule has 0 fully saturated rings. The lowest BCUT2D eigenvalue weighted by Gasteiger charge is -2.10. The Morgan fingerprint density at radius 2 is 1.63 bits per heavy atom. The maximum absolute atomic E-state index is 12.7. The van der Waals surface area contributed by atoms with Gasteiger partial charge in [0.25, 0.3) is 11.8 Å². The number of nitrogens with one attached hydrogen (secondary N) is 3. The number of hydrogen-bond donors (Lipinski definition) is 3. The molecule has 1 aromatic heterocycles. The van der Waals surface area contributed by atoms with Gasteiger partial charge >= 0.3 is 0 Å². The Labute approximate surface area is 253 Å². The summed E-state index contributed by atoms with van der Waals surface area (Å²) < 4.78 is 10.8. The highest BCUT2D eigenvalue weighted by Crippen LogP contribution is 2.27. The number of rotatable bonds is 11. The monoisotopic (exact) mass is 591 g/mol. The highest BCUT2D eigenvalue weighted by atomic mass is 32.1. The molecule has 1 heterocycles. The number of aryl methyl sites for hydroxylation is 1. The van der Waals surface area contributed by atoms with Gasteiger partial charge in [-0.25, -0.2) is 10.4 Å². The summed E-state index contributed by atoms with van der Waals surface area (Å²) in [7, 11) is 1.58. The minimum Gasteiger partial charge on any atom is -0.497 e. The summed E-state index contributed by atoms with van der Waals surface area (Å²) in [5.41, 5.74) is 8.12. The molecule has 10 heteroatoms. The number of carbonyl (C=O) groups is 2. The van der Waals surface area contributed by atoms with Crippen molar-refractivity contribution >= 4 is 45.9 Å². The first-order valence-electron chi connectivity index (χ1n) is 13.4. The van der Waals surface area contributed by atoms with Crippen LogP contribution >= 0.6 is 11.3 Å². The molecule has 0 radical (unpaired) electrons. The summed E-state index contributed by atoms with van der Waals surface area (Å²) in [6.45, 7) is 1.85. The second-order valence-corrected chi connectivity index (χ2v) is 10.3. The van der Waals surface area contributed by atoms with Crippen LogP contribution in [0.2, 0.25) is 0 Å². The summed E-state index contributed by atoms with van der Waals surface area (Å²) in [6.07, 6.45) is 1.47. The molecule has 0 saturated carbocycles. The van der Waals surface area contributed by atoms with Gasteiger partial charge in [-0.05, 0) is 67.6 Å². The van der Waals surface area contributed by atoms with Gasteiger partial charge in [0, 0.05) is 33.4 Å². The second kappa shape index (κ2) is 13.9. The molecule has 0 saturated heterocycles. The smallest absolute Gasteiger partial charge is 0.271 e. The van der Waals surface area contributed by atoms with Crippen LogP contribution in [-0.2, 0) is 4.79 Å². The van der Waals surface area contributed by atoms with Crippen LogP contribution in [0.25, 0.3) is 11.3 Å². The SMILES string of the molecule is COc1ccc(NC(=O)COc2ccccc2/C=N/NC(=O)c2ccc(-c3csc(Nc4ccc(C)cc4)n3)cc2)cc1. The summed E-state index contributed by atoms with van der Waals surface area (Å²) in [6, 6.07) is 29.4. The molecule has 0 atom stereocenters. The Morgan fingerprint density at radius 1 is 0.907 bits per heavy atom. The minimum absolute atomic E-state index is 0.196. The van der Waals surface area contributed by atoms with E-state index in [1.807, 2.05) is 54.8 Å². The fourth-order valence-corrected chi connectivity index (χ4v) is 4.71. The van der Waals surface area contributed by atoms with Crippen molar-refractivity contribution in [2.24, 2.45) is 5.10 Å². The van der Waals surface area contributed by atoms with Crippen molar-refractivity contribution in [2.45, 2.75) is 6.92 Å². The molecule has 0 aliphatic rings. The van der Waals surface area contributed by atoms with Crippen molar-refractivity contribution in [1.29, 1.82) is 0 Å². The lowest BCUT2D eigenvalue weighted by Crippen LogP contribution is -2.20. The number of aromatic nitrogens is 1. The molecule has 0 spiro atoms. The van der Waals surface area contributed by atoms with Gasteiger partial charge in [0.15, 0.2) is 11.7 Å². The van der Waals surface area contributed by atoms with Crippen LogP contribution in [0.1, 0.15) is 21.5 Å². The van der Waals surface area contributed by atoms with E-state index in [0.29, 0.717) is 28.3 Å². The molecule has 4 aromatic carbocycles. The highest BCUT2D eigenvalue weighted by Gasteiger charge is 2.10. The van der Waals surface area contributed by atoms with Crippen molar-refractivity contribution in [2.75, 3.05) is 24.4 Å². The Balaban J connectivity index is 1.13. The van der Waals surface area contributed by atoms with Crippen molar-refractivity contribution in [3.63, 3.8) is 0 Å². The zero-order chi connectivity index (χ0) is 30.0. The van der Waals surface area contributed by atoms with Crippen LogP contribution < -0.4 is 25.5 Å². The number of nitrogens with zero attached hydrogens (tertiary/aromatic N) is 2. The van der Waals surface area contributed by atoms with E-state index in [0.717, 1.165) is 22.1 Å². The van der Waals surface area contributed by atoms with E-state index in [9.17, 15) is 9.59 Å². The molecule has 43 heavy (non-hydrogen) atoms. The van der Waals surface area contributed by atoms with Gasteiger partial charge < -0.3 is 20.1 Å². The van der Waals surface area contributed by atoms with Gasteiger partial charge in [-0.15, -0.1) is 11.3 Å². The quantitative estimate of drug-likeness (QED) is 0.117. The molecule has 0 bridgehead atoms. The van der Waals surface area contributed by atoms with Gasteiger partial charge in [0.1, 0.15) is 11.5 Å². The van der Waals surface area contributed by atoms with Gasteiger partial charge in [-0.2, -0.15) is 5.10 Å². The van der Waals surface area contributed by atoms with Gasteiger partial charge in [0.2, 0.25) is 0 Å². The number of anilines is 3. The van der Waals surface area contributed by atoms with Crippen LogP contribution in [0, 0.1) is 6.92 Å². The second-order valence-electron chi connectivity index (χ2n) is 9.41. The fraction of sp³-hybridized carbons (Fsp3) is 0.0909. The van der Waals surface area contributed by atoms with Crippen molar-refractivity contribution in [1.82, 2.24) is 10.4 Å². The number of ether oxygens (including phenoxy) is 2. The first-order valence-corrected chi connectivity index (χ1v) is 14.2. The van der Waals surface area contributed by atoms with Crippen LogP contribution in [-0.4, -0.2) is 36.7 Å². The zero-order valence-electron chi connectivity index (χ0n) is 23.5. The van der Waals surface area contributed by atoms with E-state index in [2.05, 4.69) is 26.1 Å². The number of hydrogen-bond acceptors (Lipinski definition) is 8. The number of methoxy groups -OCH3 is 1. The number of hydrazone groups is 1. The number of thiazole rings is 1. The lowest BCUT2D eigenvalue weighted by molar-refractivity contribution is -0.118. The lowest BCUT2D eigenvalue weighted by atomic mass is 10.1. The molecule has 5 aromatic rings. The van der Waals surface area contributed by atoms with Crippen LogP contribution in [0.4, 0.5) is 16.5 Å². The van der Waals surface area contributed by atoms with Gasteiger partial charge in [-0.1, -0.05) is 42.0 Å². The van der Waals surface area contributed by atoms with E-state index >= 15 is 0 Å². The Bertz CT molecular complexity index is 1720. The molecule has 0 unspecified atom stereocenters. The van der Waals surface area contributed by atoms with Crippen molar-refractivity contribution < 1.29 is 19.1 Å². The van der Waals surface area contributed by atoms with Gasteiger partial charge in [-0.3, -0.25) is 9.59 Å². The van der Waals surface area contributed by atoms with E-state index in [4.69, 9.17) is 9.47 Å². The number of carbonyl (C=O) groups excluding carboxylic acids is 2. The fourth-order valence-electron chi connectivity index (χ4n) is 3.97. The number of benzene rings is 4. The number of amides is 2. The first kappa shape index (κ1) is 29.0. The Hall–Kier alpha value is -5.48. The van der Waals surface area contributed by atoms with E-state index < -0.39 is 0 Å². The summed E-state index contributed by atoms with van der Waals surface area (Å²) in [5, 5.41) is 12.9. The third-order valence-corrected chi connectivity index (χ3v) is 7.03. The normalized spacial score (nSPS) is 10.7. The Morgan fingerprint density at radius 3 is 2.37 bits per heavy atom. The largest absolute Gasteiger partial charge is 0.497 e. The molecule has 5 rings (SSSR count). The van der Waals surface area contributed by atoms with E-state index in [1.165, 1.54) is 23.1 Å². The summed E-state index contributed by atoms with van der Waals surface area (Å²) in [4.78, 5) is 29.7. The van der Waals surface area contributed by atoms with Crippen LogP contribution in [0.3, 0.4) is 0 Å². The first-order chi connectivity index (χ1) is 21.0. The zero-order valence-corrected chi connectivity index (χ0v) is 24.4. The topological polar surface area (TPSA) is 114 Å². The maximum Gasteiger partial charge on any atom is 0.271 e. The van der Waals surface area contributed by atoms with E-state index in [-0.39, 0.29) is 18.4 Å². The molecule has 2 amide bonds. The molecule has 216 valence electrons. The standard InChI is InChI=1S/C33H29N5O4S/c1-22-7-13-27(14-8-22)36-33-37-29(21-43-33)23-9-11-24(12-10-23)32(40)38-34-19-25-5-3-4-6-30(25)42-20-31(39)35-26-15-17-28(41-2)18-16-26/h3-19,21H,20H2,1-2H3,(H,35,39)(H,36,37)(H,38,40)/b34-19+. The van der Waals surface area contributed by atoms with Crippen molar-refractivity contribution in [3.05, 3.63) is 119 Å². The molecular formula is C33H29N5O4S. The van der Waals surface area contributed by atoms with Crippen LogP contribution in [0.5, 0.6) is 11.5 Å². The van der Waals surface area contributed by atoms with E-state index in [1.54, 1.807) is 61.7 Å². The summed E-state index contributed by atoms with van der Waals surface area (Å²) in [5.74, 6) is 0.475. The highest BCUT2D eigenvalue weighted by molar-refractivity contribution is 7.14. The van der Waals surface area contributed by atoms with Crippen LogP contribution in [0.15, 0.2) is 108 Å².